The standard InChI is InChI=1S/C13H15N5O/c1-9-2-4-10(5-3-9)8-18(11-6-7-11)13(19)12-14-16-17-15-12/h2-5,11H,6-8H2,1H3,(H,14,15,16,17). The lowest BCUT2D eigenvalue weighted by molar-refractivity contribution is 0.0717. The number of carbonyl (C=O) groups is 1. The van der Waals surface area contributed by atoms with Gasteiger partial charge in [0.05, 0.1) is 0 Å². The van der Waals surface area contributed by atoms with Gasteiger partial charge in [0, 0.05) is 12.6 Å². The maximum Gasteiger partial charge on any atom is 0.296 e. The Morgan fingerprint density at radius 3 is 2.68 bits per heavy atom. The number of aromatic nitrogens is 4. The van der Waals surface area contributed by atoms with E-state index in [-0.39, 0.29) is 11.7 Å². The highest BCUT2D eigenvalue weighted by Gasteiger charge is 2.34. The van der Waals surface area contributed by atoms with Gasteiger partial charge in [-0.15, -0.1) is 10.2 Å². The lowest BCUT2D eigenvalue weighted by Crippen LogP contribution is -2.33. The summed E-state index contributed by atoms with van der Waals surface area (Å²) < 4.78 is 0. The van der Waals surface area contributed by atoms with Crippen LogP contribution in [0.15, 0.2) is 24.3 Å². The molecule has 98 valence electrons. The molecule has 0 bridgehead atoms. The minimum absolute atomic E-state index is 0.138. The molecule has 1 amide bonds. The summed E-state index contributed by atoms with van der Waals surface area (Å²) in [6, 6.07) is 8.52. The summed E-state index contributed by atoms with van der Waals surface area (Å²) in [4.78, 5) is 14.1. The Morgan fingerprint density at radius 2 is 2.11 bits per heavy atom. The number of tetrazole rings is 1. The van der Waals surface area contributed by atoms with E-state index >= 15 is 0 Å². The fourth-order valence-electron chi connectivity index (χ4n) is 2.02. The van der Waals surface area contributed by atoms with Gasteiger partial charge in [0.2, 0.25) is 0 Å². The number of carbonyl (C=O) groups excluding carboxylic acids is 1. The van der Waals surface area contributed by atoms with Crippen LogP contribution in [0.25, 0.3) is 0 Å². The van der Waals surface area contributed by atoms with E-state index in [1.54, 1.807) is 0 Å². The molecule has 6 heteroatoms. The van der Waals surface area contributed by atoms with Gasteiger partial charge in [0.25, 0.3) is 11.7 Å². The van der Waals surface area contributed by atoms with Gasteiger partial charge in [-0.05, 0) is 30.5 Å². The molecular formula is C13H15N5O. The van der Waals surface area contributed by atoms with Crippen molar-refractivity contribution in [2.75, 3.05) is 0 Å². The molecule has 1 fully saturated rings. The van der Waals surface area contributed by atoms with E-state index in [2.05, 4.69) is 32.8 Å². The molecule has 6 nitrogen and oxygen atoms in total. The van der Waals surface area contributed by atoms with Crippen LogP contribution in [-0.2, 0) is 6.54 Å². The highest BCUT2D eigenvalue weighted by molar-refractivity contribution is 5.90. The first kappa shape index (κ1) is 11.8. The largest absolute Gasteiger partial charge is 0.328 e. The molecule has 0 spiro atoms. The van der Waals surface area contributed by atoms with Crippen LogP contribution in [-0.4, -0.2) is 37.5 Å². The van der Waals surface area contributed by atoms with Crippen LogP contribution >= 0.6 is 0 Å². The molecule has 2 aromatic rings. The first-order valence-electron chi connectivity index (χ1n) is 6.34. The first-order chi connectivity index (χ1) is 9.24. The number of nitrogens with zero attached hydrogens (tertiary/aromatic N) is 4. The molecule has 1 aliphatic rings. The Balaban J connectivity index is 1.78. The molecule has 1 aromatic heterocycles. The van der Waals surface area contributed by atoms with Gasteiger partial charge in [-0.25, -0.2) is 0 Å². The van der Waals surface area contributed by atoms with Gasteiger partial charge in [-0.2, -0.15) is 5.21 Å². The van der Waals surface area contributed by atoms with E-state index in [9.17, 15) is 4.79 Å². The Labute approximate surface area is 110 Å². The van der Waals surface area contributed by atoms with E-state index in [4.69, 9.17) is 0 Å². The van der Waals surface area contributed by atoms with Crippen LogP contribution in [0.1, 0.15) is 34.6 Å². The third-order valence-corrected chi connectivity index (χ3v) is 3.26. The highest BCUT2D eigenvalue weighted by Crippen LogP contribution is 2.29. The second kappa shape index (κ2) is 4.79. The number of nitrogens with one attached hydrogen (secondary N) is 1. The molecule has 0 radical (unpaired) electrons. The van der Waals surface area contributed by atoms with Crippen molar-refractivity contribution in [3.8, 4) is 0 Å². The quantitative estimate of drug-likeness (QED) is 0.896. The first-order valence-corrected chi connectivity index (χ1v) is 6.34. The molecule has 0 unspecified atom stereocenters. The zero-order valence-corrected chi connectivity index (χ0v) is 10.7. The maximum atomic E-state index is 12.3. The topological polar surface area (TPSA) is 74.8 Å². The lowest BCUT2D eigenvalue weighted by atomic mass is 10.1. The summed E-state index contributed by atoms with van der Waals surface area (Å²) in [5, 5.41) is 13.3. The Bertz CT molecular complexity index is 559. The van der Waals surface area contributed by atoms with Crippen molar-refractivity contribution in [3.63, 3.8) is 0 Å². The summed E-state index contributed by atoms with van der Waals surface area (Å²) in [5.74, 6) is -0.0177. The molecule has 1 saturated carbocycles. The number of H-pyrrole nitrogens is 1. The Kier molecular flexibility index (Phi) is 2.98. The number of rotatable bonds is 4. The number of hydrogen-bond acceptors (Lipinski definition) is 4. The van der Waals surface area contributed by atoms with Crippen molar-refractivity contribution in [2.24, 2.45) is 0 Å². The van der Waals surface area contributed by atoms with Crippen molar-refractivity contribution < 1.29 is 4.79 Å². The predicted octanol–water partition coefficient (Wildman–Crippen LogP) is 1.31. The van der Waals surface area contributed by atoms with Crippen molar-refractivity contribution >= 4 is 5.91 Å². The molecule has 1 aromatic carbocycles. The molecular weight excluding hydrogens is 242 g/mol. The third-order valence-electron chi connectivity index (χ3n) is 3.26. The van der Waals surface area contributed by atoms with Gasteiger partial charge in [-0.1, -0.05) is 29.8 Å². The molecule has 0 aliphatic heterocycles. The van der Waals surface area contributed by atoms with Crippen LogP contribution in [0.4, 0.5) is 0 Å². The number of benzene rings is 1. The number of aryl methyl sites for hydroxylation is 1. The average Bonchev–Trinajstić information content (AvgIpc) is 3.11. The minimum Gasteiger partial charge on any atom is -0.328 e. The molecule has 3 rings (SSSR count). The van der Waals surface area contributed by atoms with Crippen molar-refractivity contribution in [3.05, 3.63) is 41.2 Å². The van der Waals surface area contributed by atoms with E-state index in [1.807, 2.05) is 24.0 Å². The summed E-state index contributed by atoms with van der Waals surface area (Å²) in [6.07, 6.45) is 2.10. The number of hydrogen-bond donors (Lipinski definition) is 1. The molecule has 1 N–H and O–H groups in total. The second-order valence-electron chi connectivity index (χ2n) is 4.89. The van der Waals surface area contributed by atoms with Gasteiger partial charge in [0.15, 0.2) is 0 Å². The van der Waals surface area contributed by atoms with Gasteiger partial charge < -0.3 is 4.90 Å². The maximum absolute atomic E-state index is 12.3. The smallest absolute Gasteiger partial charge is 0.296 e. The zero-order chi connectivity index (χ0) is 13.2. The molecule has 19 heavy (non-hydrogen) atoms. The molecule has 0 saturated heterocycles. The van der Waals surface area contributed by atoms with E-state index in [0.29, 0.717) is 12.6 Å². The van der Waals surface area contributed by atoms with Gasteiger partial charge in [-0.3, -0.25) is 4.79 Å². The van der Waals surface area contributed by atoms with Crippen LogP contribution in [0.3, 0.4) is 0 Å². The third kappa shape index (κ3) is 2.62. The summed E-state index contributed by atoms with van der Waals surface area (Å²) in [5.41, 5.74) is 2.33. The molecule has 0 atom stereocenters. The Morgan fingerprint density at radius 1 is 1.37 bits per heavy atom. The molecule has 1 aliphatic carbocycles. The van der Waals surface area contributed by atoms with E-state index in [0.717, 1.165) is 18.4 Å². The van der Waals surface area contributed by atoms with Crippen LogP contribution in [0.5, 0.6) is 0 Å². The fraction of sp³-hybridized carbons (Fsp3) is 0.385. The average molecular weight is 257 g/mol. The normalized spacial score (nSPS) is 14.4. The van der Waals surface area contributed by atoms with Crippen molar-refractivity contribution in [1.29, 1.82) is 0 Å². The van der Waals surface area contributed by atoms with Crippen molar-refractivity contribution in [2.45, 2.75) is 32.4 Å². The predicted molar refractivity (Wildman–Crippen MR) is 68.3 cm³/mol. The zero-order valence-electron chi connectivity index (χ0n) is 10.7. The summed E-state index contributed by atoms with van der Waals surface area (Å²) >= 11 is 0. The van der Waals surface area contributed by atoms with Crippen LogP contribution in [0, 0.1) is 6.92 Å². The second-order valence-corrected chi connectivity index (χ2v) is 4.89. The van der Waals surface area contributed by atoms with E-state index in [1.165, 1.54) is 5.56 Å². The fourth-order valence-corrected chi connectivity index (χ4v) is 2.02. The van der Waals surface area contributed by atoms with E-state index < -0.39 is 0 Å². The lowest BCUT2D eigenvalue weighted by Gasteiger charge is -2.20. The number of aromatic amines is 1. The summed E-state index contributed by atoms with van der Waals surface area (Å²) in [7, 11) is 0. The number of amides is 1. The van der Waals surface area contributed by atoms with Crippen LogP contribution in [0.2, 0.25) is 0 Å². The monoisotopic (exact) mass is 257 g/mol. The Hall–Kier alpha value is -2.24. The van der Waals surface area contributed by atoms with Crippen molar-refractivity contribution in [1.82, 2.24) is 25.5 Å². The van der Waals surface area contributed by atoms with Gasteiger partial charge in [0.1, 0.15) is 0 Å². The summed E-state index contributed by atoms with van der Waals surface area (Å²) in [6.45, 7) is 2.64. The molecule has 1 heterocycles. The van der Waals surface area contributed by atoms with Crippen LogP contribution < -0.4 is 0 Å². The highest BCUT2D eigenvalue weighted by atomic mass is 16.2. The SMILES string of the molecule is Cc1ccc(CN(C(=O)c2nn[nH]n2)C2CC2)cc1. The van der Waals surface area contributed by atoms with Gasteiger partial charge >= 0.3 is 0 Å². The minimum atomic E-state index is -0.156.